The molecular weight excluding hydrogens is 765 g/mol. The van der Waals surface area contributed by atoms with Crippen molar-refractivity contribution in [2.45, 2.75) is 0 Å². The van der Waals surface area contributed by atoms with Gasteiger partial charge in [-0.05, 0) is 100 Å². The molecule has 63 heavy (non-hydrogen) atoms. The summed E-state index contributed by atoms with van der Waals surface area (Å²) in [6.07, 6.45) is 0. The molecule has 0 N–H and O–H groups in total. The van der Waals surface area contributed by atoms with Gasteiger partial charge in [0.05, 0.1) is 16.7 Å². The molecule has 12 rings (SSSR count). The highest BCUT2D eigenvalue weighted by Crippen LogP contribution is 2.47. The molecule has 12 aromatic rings. The van der Waals surface area contributed by atoms with E-state index in [1.807, 2.05) is 6.07 Å². The largest absolute Gasteiger partial charge is 0.455 e. The molecule has 0 radical (unpaired) electrons. The van der Waals surface area contributed by atoms with Crippen LogP contribution in [0.5, 0.6) is 0 Å². The van der Waals surface area contributed by atoms with E-state index in [1.54, 1.807) is 0 Å². The lowest BCUT2D eigenvalue weighted by molar-refractivity contribution is 0.670. The summed E-state index contributed by atoms with van der Waals surface area (Å²) in [4.78, 5) is 2.39. The minimum atomic E-state index is 0.885. The first-order chi connectivity index (χ1) is 31.3. The summed E-state index contributed by atoms with van der Waals surface area (Å²) in [6.45, 7) is 0. The van der Waals surface area contributed by atoms with E-state index in [-0.39, 0.29) is 0 Å². The van der Waals surface area contributed by atoms with Gasteiger partial charge in [-0.25, -0.2) is 0 Å². The topological polar surface area (TPSA) is 21.3 Å². The standard InChI is InChI=1S/C60H40N2O/c1-3-16-41(17-4-1)42-30-34-46(35-31-42)61(47-36-32-43(33-37-47)45-20-15-21-48(40-45)62-56-27-12-7-22-49(56)50-23-8-13-28-57(50)62)55-26-11-9-24-51(55)53-38-39-54-52-25-10-14-29-58(52)63-60(54)59(53)44-18-5-2-6-19-44/h1-40H. The Kier molecular flexibility index (Phi) is 8.83. The Labute approximate surface area is 366 Å². The monoisotopic (exact) mass is 804 g/mol. The molecule has 0 aliphatic heterocycles. The average Bonchev–Trinajstić information content (AvgIpc) is 3.91. The Morgan fingerprint density at radius 3 is 1.54 bits per heavy atom. The van der Waals surface area contributed by atoms with Gasteiger partial charge in [0.1, 0.15) is 11.2 Å². The van der Waals surface area contributed by atoms with Gasteiger partial charge >= 0.3 is 0 Å². The number of fused-ring (bicyclic) bond motifs is 6. The van der Waals surface area contributed by atoms with E-state index in [9.17, 15) is 0 Å². The number of anilines is 3. The van der Waals surface area contributed by atoms with Gasteiger partial charge in [0.15, 0.2) is 0 Å². The van der Waals surface area contributed by atoms with Crippen molar-refractivity contribution in [3.63, 3.8) is 0 Å². The average molecular weight is 805 g/mol. The van der Waals surface area contributed by atoms with Crippen LogP contribution in [-0.4, -0.2) is 4.57 Å². The molecule has 0 saturated carbocycles. The number of hydrogen-bond acceptors (Lipinski definition) is 2. The van der Waals surface area contributed by atoms with Crippen molar-refractivity contribution >= 4 is 60.8 Å². The van der Waals surface area contributed by atoms with Crippen molar-refractivity contribution in [3.8, 4) is 50.2 Å². The molecule has 2 aromatic heterocycles. The Bertz CT molecular complexity index is 3550. The van der Waals surface area contributed by atoms with E-state index in [4.69, 9.17) is 4.42 Å². The molecule has 3 heteroatoms. The Hall–Kier alpha value is -8.40. The van der Waals surface area contributed by atoms with Crippen molar-refractivity contribution in [2.24, 2.45) is 0 Å². The second kappa shape index (κ2) is 15.3. The van der Waals surface area contributed by atoms with Gasteiger partial charge in [-0.3, -0.25) is 0 Å². The maximum absolute atomic E-state index is 6.74. The van der Waals surface area contributed by atoms with Crippen LogP contribution in [0.25, 0.3) is 93.9 Å². The Morgan fingerprint density at radius 1 is 0.333 bits per heavy atom. The van der Waals surface area contributed by atoms with Gasteiger partial charge in [0.2, 0.25) is 0 Å². The van der Waals surface area contributed by atoms with Gasteiger partial charge in [0, 0.05) is 49.7 Å². The van der Waals surface area contributed by atoms with E-state index >= 15 is 0 Å². The smallest absolute Gasteiger partial charge is 0.143 e. The maximum atomic E-state index is 6.74. The number of para-hydroxylation sites is 4. The first-order valence-corrected chi connectivity index (χ1v) is 21.5. The highest BCUT2D eigenvalue weighted by Gasteiger charge is 2.23. The quantitative estimate of drug-likeness (QED) is 0.153. The molecule has 0 atom stereocenters. The zero-order valence-corrected chi connectivity index (χ0v) is 34.4. The van der Waals surface area contributed by atoms with Crippen molar-refractivity contribution in [1.29, 1.82) is 0 Å². The number of benzene rings is 10. The predicted molar refractivity (Wildman–Crippen MR) is 264 cm³/mol. The van der Waals surface area contributed by atoms with Crippen LogP contribution in [-0.2, 0) is 0 Å². The maximum Gasteiger partial charge on any atom is 0.143 e. The molecule has 10 aromatic carbocycles. The van der Waals surface area contributed by atoms with E-state index in [2.05, 4.69) is 246 Å². The third kappa shape index (κ3) is 6.29. The van der Waals surface area contributed by atoms with Crippen LogP contribution in [0.4, 0.5) is 17.1 Å². The molecule has 0 saturated heterocycles. The minimum absolute atomic E-state index is 0.885. The third-order valence-electron chi connectivity index (χ3n) is 12.4. The lowest BCUT2D eigenvalue weighted by Crippen LogP contribution is -2.11. The van der Waals surface area contributed by atoms with Crippen LogP contribution < -0.4 is 4.90 Å². The van der Waals surface area contributed by atoms with Crippen molar-refractivity contribution in [1.82, 2.24) is 4.57 Å². The van der Waals surface area contributed by atoms with E-state index < -0.39 is 0 Å². The molecule has 0 spiro atoms. The van der Waals surface area contributed by atoms with Gasteiger partial charge in [-0.2, -0.15) is 0 Å². The van der Waals surface area contributed by atoms with E-state index in [0.717, 1.165) is 78.1 Å². The molecule has 2 heterocycles. The zero-order chi connectivity index (χ0) is 41.7. The van der Waals surface area contributed by atoms with Crippen molar-refractivity contribution < 1.29 is 4.42 Å². The summed E-state index contributed by atoms with van der Waals surface area (Å²) in [5.41, 5.74) is 17.6. The number of rotatable bonds is 8. The number of nitrogens with zero attached hydrogens (tertiary/aromatic N) is 2. The number of furan rings is 1. The van der Waals surface area contributed by atoms with Crippen LogP contribution in [0, 0.1) is 0 Å². The van der Waals surface area contributed by atoms with Crippen molar-refractivity contribution in [2.75, 3.05) is 4.90 Å². The predicted octanol–water partition coefficient (Wildman–Crippen LogP) is 16.8. The van der Waals surface area contributed by atoms with Gasteiger partial charge < -0.3 is 13.9 Å². The fourth-order valence-corrected chi connectivity index (χ4v) is 9.49. The van der Waals surface area contributed by atoms with Gasteiger partial charge in [0.25, 0.3) is 0 Å². The highest BCUT2D eigenvalue weighted by atomic mass is 16.3. The molecule has 296 valence electrons. The SMILES string of the molecule is c1ccc(-c2ccc(N(c3ccc(-c4cccc(-n5c6ccccc6c6ccccc65)c4)cc3)c3ccccc3-c3ccc4c(oc5ccccc54)c3-c3ccccc3)cc2)cc1. The lowest BCUT2D eigenvalue weighted by atomic mass is 9.91. The molecular formula is C60H40N2O. The fourth-order valence-electron chi connectivity index (χ4n) is 9.49. The van der Waals surface area contributed by atoms with Crippen LogP contribution in [0.3, 0.4) is 0 Å². The van der Waals surface area contributed by atoms with Crippen molar-refractivity contribution in [3.05, 3.63) is 243 Å². The van der Waals surface area contributed by atoms with Crippen LogP contribution >= 0.6 is 0 Å². The second-order valence-corrected chi connectivity index (χ2v) is 16.1. The van der Waals surface area contributed by atoms with Gasteiger partial charge in [-0.1, -0.05) is 176 Å². The summed E-state index contributed by atoms with van der Waals surface area (Å²) in [6, 6.07) is 87.0. The summed E-state index contributed by atoms with van der Waals surface area (Å²) in [5.74, 6) is 0. The zero-order valence-electron chi connectivity index (χ0n) is 34.4. The van der Waals surface area contributed by atoms with Crippen LogP contribution in [0.15, 0.2) is 247 Å². The summed E-state index contributed by atoms with van der Waals surface area (Å²) >= 11 is 0. The molecule has 0 amide bonds. The fraction of sp³-hybridized carbons (Fsp3) is 0. The first kappa shape index (κ1) is 36.5. The second-order valence-electron chi connectivity index (χ2n) is 16.1. The summed E-state index contributed by atoms with van der Waals surface area (Å²) < 4.78 is 9.12. The first-order valence-electron chi connectivity index (χ1n) is 21.5. The third-order valence-corrected chi connectivity index (χ3v) is 12.4. The molecule has 3 nitrogen and oxygen atoms in total. The summed E-state index contributed by atoms with van der Waals surface area (Å²) in [5, 5.41) is 4.74. The molecule has 0 bridgehead atoms. The van der Waals surface area contributed by atoms with Crippen LogP contribution in [0.2, 0.25) is 0 Å². The van der Waals surface area contributed by atoms with Gasteiger partial charge in [-0.15, -0.1) is 0 Å². The lowest BCUT2D eigenvalue weighted by Gasteiger charge is -2.29. The molecule has 0 aliphatic rings. The number of aromatic nitrogens is 1. The van der Waals surface area contributed by atoms with Crippen LogP contribution in [0.1, 0.15) is 0 Å². The Morgan fingerprint density at radius 2 is 0.857 bits per heavy atom. The molecule has 0 aliphatic carbocycles. The molecule has 0 unspecified atom stereocenters. The highest BCUT2D eigenvalue weighted by molar-refractivity contribution is 6.14. The Balaban J connectivity index is 1.01. The van der Waals surface area contributed by atoms with E-state index in [0.29, 0.717) is 0 Å². The summed E-state index contributed by atoms with van der Waals surface area (Å²) in [7, 11) is 0. The minimum Gasteiger partial charge on any atom is -0.455 e. The van der Waals surface area contributed by atoms with E-state index in [1.165, 1.54) is 32.9 Å². The normalized spacial score (nSPS) is 11.5. The number of hydrogen-bond donors (Lipinski definition) is 0. The molecule has 0 fully saturated rings.